The summed E-state index contributed by atoms with van der Waals surface area (Å²) in [5.74, 6) is 1.81. The van der Waals surface area contributed by atoms with Gasteiger partial charge in [0.2, 0.25) is 0 Å². The molecule has 1 N–H and O–H groups in total. The fourth-order valence-electron chi connectivity index (χ4n) is 1.36. The van der Waals surface area contributed by atoms with Crippen LogP contribution < -0.4 is 5.32 Å². The zero-order chi connectivity index (χ0) is 10.2. The summed E-state index contributed by atoms with van der Waals surface area (Å²) in [7, 11) is 0. The molecule has 0 saturated heterocycles. The Labute approximate surface area is 86.8 Å². The molecule has 0 aliphatic rings. The van der Waals surface area contributed by atoms with Gasteiger partial charge < -0.3 is 5.32 Å². The SMILES string of the molecule is CC(C)CCCCNc1ccccn1. The van der Waals surface area contributed by atoms with Gasteiger partial charge in [0.25, 0.3) is 0 Å². The van der Waals surface area contributed by atoms with Crippen molar-refractivity contribution < 1.29 is 0 Å². The van der Waals surface area contributed by atoms with Crippen LogP contribution in [0.4, 0.5) is 5.82 Å². The number of rotatable bonds is 6. The Hall–Kier alpha value is -1.05. The van der Waals surface area contributed by atoms with Crippen molar-refractivity contribution >= 4 is 5.82 Å². The molecule has 1 aromatic rings. The van der Waals surface area contributed by atoms with E-state index in [0.29, 0.717) is 0 Å². The number of nitrogens with one attached hydrogen (secondary N) is 1. The average Bonchev–Trinajstić information content (AvgIpc) is 2.18. The van der Waals surface area contributed by atoms with E-state index in [4.69, 9.17) is 0 Å². The standard InChI is InChI=1S/C12H20N2/c1-11(2)7-3-5-9-13-12-8-4-6-10-14-12/h4,6,8,10-11H,3,5,7,9H2,1-2H3,(H,13,14). The molecular formula is C12H20N2. The van der Waals surface area contributed by atoms with Crippen LogP contribution in [-0.4, -0.2) is 11.5 Å². The molecule has 14 heavy (non-hydrogen) atoms. The number of anilines is 1. The number of pyridine rings is 1. The first-order valence-corrected chi connectivity index (χ1v) is 5.44. The predicted octanol–water partition coefficient (Wildman–Crippen LogP) is 3.32. The summed E-state index contributed by atoms with van der Waals surface area (Å²) >= 11 is 0. The maximum atomic E-state index is 4.20. The van der Waals surface area contributed by atoms with Crippen molar-refractivity contribution in [2.75, 3.05) is 11.9 Å². The molecule has 2 nitrogen and oxygen atoms in total. The lowest BCUT2D eigenvalue weighted by Crippen LogP contribution is -2.03. The van der Waals surface area contributed by atoms with Gasteiger partial charge >= 0.3 is 0 Å². The van der Waals surface area contributed by atoms with Crippen LogP contribution in [0.5, 0.6) is 0 Å². The van der Waals surface area contributed by atoms with Crippen LogP contribution in [0.3, 0.4) is 0 Å². The molecule has 0 bridgehead atoms. The molecule has 0 spiro atoms. The van der Waals surface area contributed by atoms with Crippen molar-refractivity contribution in [2.24, 2.45) is 5.92 Å². The van der Waals surface area contributed by atoms with Gasteiger partial charge in [-0.3, -0.25) is 0 Å². The predicted molar refractivity (Wildman–Crippen MR) is 61.4 cm³/mol. The molecule has 0 fully saturated rings. The van der Waals surface area contributed by atoms with Gasteiger partial charge in [0, 0.05) is 12.7 Å². The third-order valence-corrected chi connectivity index (χ3v) is 2.18. The average molecular weight is 192 g/mol. The quantitative estimate of drug-likeness (QED) is 0.699. The summed E-state index contributed by atoms with van der Waals surface area (Å²) in [6.07, 6.45) is 5.67. The third-order valence-electron chi connectivity index (χ3n) is 2.18. The lowest BCUT2D eigenvalue weighted by molar-refractivity contribution is 0.544. The Bertz CT molecular complexity index is 231. The van der Waals surface area contributed by atoms with E-state index in [1.54, 1.807) is 0 Å². The summed E-state index contributed by atoms with van der Waals surface area (Å²) < 4.78 is 0. The van der Waals surface area contributed by atoms with Crippen molar-refractivity contribution in [1.29, 1.82) is 0 Å². The summed E-state index contributed by atoms with van der Waals surface area (Å²) in [5.41, 5.74) is 0. The maximum absolute atomic E-state index is 4.20. The Balaban J connectivity index is 2.05. The molecule has 0 saturated carbocycles. The minimum Gasteiger partial charge on any atom is -0.370 e. The molecule has 1 aromatic heterocycles. The Morgan fingerprint density at radius 3 is 2.79 bits per heavy atom. The van der Waals surface area contributed by atoms with Gasteiger partial charge in [-0.2, -0.15) is 0 Å². The largest absolute Gasteiger partial charge is 0.370 e. The van der Waals surface area contributed by atoms with E-state index in [2.05, 4.69) is 24.1 Å². The van der Waals surface area contributed by atoms with E-state index in [-0.39, 0.29) is 0 Å². The summed E-state index contributed by atoms with van der Waals surface area (Å²) in [6.45, 7) is 5.57. The molecule has 0 aromatic carbocycles. The molecular weight excluding hydrogens is 172 g/mol. The van der Waals surface area contributed by atoms with Crippen molar-refractivity contribution in [3.8, 4) is 0 Å². The molecule has 0 aliphatic heterocycles. The summed E-state index contributed by atoms with van der Waals surface area (Å²) in [4.78, 5) is 4.20. The normalized spacial score (nSPS) is 10.5. The second-order valence-electron chi connectivity index (χ2n) is 4.03. The number of unbranched alkanes of at least 4 members (excludes halogenated alkanes) is 1. The zero-order valence-electron chi connectivity index (χ0n) is 9.16. The third kappa shape index (κ3) is 4.85. The van der Waals surface area contributed by atoms with Crippen molar-refractivity contribution in [2.45, 2.75) is 33.1 Å². The van der Waals surface area contributed by atoms with Crippen LogP contribution in [0, 0.1) is 5.92 Å². The topological polar surface area (TPSA) is 24.9 Å². The maximum Gasteiger partial charge on any atom is 0.125 e. The van der Waals surface area contributed by atoms with Crippen LogP contribution in [-0.2, 0) is 0 Å². The van der Waals surface area contributed by atoms with Crippen molar-refractivity contribution in [3.63, 3.8) is 0 Å². The summed E-state index contributed by atoms with van der Waals surface area (Å²) in [6, 6.07) is 5.94. The summed E-state index contributed by atoms with van der Waals surface area (Å²) in [5, 5.41) is 3.31. The van der Waals surface area contributed by atoms with Crippen molar-refractivity contribution in [1.82, 2.24) is 4.98 Å². The van der Waals surface area contributed by atoms with Gasteiger partial charge in [0.1, 0.15) is 5.82 Å². The van der Waals surface area contributed by atoms with Crippen LogP contribution >= 0.6 is 0 Å². The van der Waals surface area contributed by atoms with E-state index in [0.717, 1.165) is 18.3 Å². The first kappa shape index (κ1) is 11.0. The van der Waals surface area contributed by atoms with Gasteiger partial charge in [-0.1, -0.05) is 32.8 Å². The highest BCUT2D eigenvalue weighted by molar-refractivity contribution is 5.32. The second kappa shape index (κ2) is 6.41. The molecule has 0 aliphatic carbocycles. The van der Waals surface area contributed by atoms with Gasteiger partial charge in [-0.15, -0.1) is 0 Å². The van der Waals surface area contributed by atoms with Gasteiger partial charge in [0.05, 0.1) is 0 Å². The first-order chi connectivity index (χ1) is 6.79. The molecule has 2 heteroatoms. The number of hydrogen-bond acceptors (Lipinski definition) is 2. The van der Waals surface area contributed by atoms with Crippen LogP contribution in [0.2, 0.25) is 0 Å². The minimum absolute atomic E-state index is 0.824. The highest BCUT2D eigenvalue weighted by Crippen LogP contribution is 2.06. The zero-order valence-corrected chi connectivity index (χ0v) is 9.16. The van der Waals surface area contributed by atoms with Gasteiger partial charge in [-0.05, 0) is 24.5 Å². The monoisotopic (exact) mass is 192 g/mol. The fourth-order valence-corrected chi connectivity index (χ4v) is 1.36. The smallest absolute Gasteiger partial charge is 0.125 e. The van der Waals surface area contributed by atoms with Gasteiger partial charge in [-0.25, -0.2) is 4.98 Å². The Morgan fingerprint density at radius 1 is 1.29 bits per heavy atom. The van der Waals surface area contributed by atoms with Crippen LogP contribution in [0.25, 0.3) is 0 Å². The van der Waals surface area contributed by atoms with E-state index in [1.807, 2.05) is 24.4 Å². The molecule has 78 valence electrons. The molecule has 1 rings (SSSR count). The Kier molecular flexibility index (Phi) is 5.05. The number of nitrogens with zero attached hydrogens (tertiary/aromatic N) is 1. The number of hydrogen-bond donors (Lipinski definition) is 1. The molecule has 0 unspecified atom stereocenters. The lowest BCUT2D eigenvalue weighted by atomic mass is 10.1. The second-order valence-corrected chi connectivity index (χ2v) is 4.03. The molecule has 0 radical (unpaired) electrons. The van der Waals surface area contributed by atoms with Crippen LogP contribution in [0.15, 0.2) is 24.4 Å². The number of aromatic nitrogens is 1. The Morgan fingerprint density at radius 2 is 2.14 bits per heavy atom. The lowest BCUT2D eigenvalue weighted by Gasteiger charge is -2.06. The van der Waals surface area contributed by atoms with E-state index in [1.165, 1.54) is 19.3 Å². The fraction of sp³-hybridized carbons (Fsp3) is 0.583. The molecule has 1 heterocycles. The highest BCUT2D eigenvalue weighted by Gasteiger charge is 1.94. The van der Waals surface area contributed by atoms with Gasteiger partial charge in [0.15, 0.2) is 0 Å². The molecule has 0 atom stereocenters. The molecule has 0 amide bonds. The van der Waals surface area contributed by atoms with E-state index >= 15 is 0 Å². The minimum atomic E-state index is 0.824. The van der Waals surface area contributed by atoms with E-state index in [9.17, 15) is 0 Å². The first-order valence-electron chi connectivity index (χ1n) is 5.44. The van der Waals surface area contributed by atoms with Crippen LogP contribution in [0.1, 0.15) is 33.1 Å². The van der Waals surface area contributed by atoms with E-state index < -0.39 is 0 Å². The highest BCUT2D eigenvalue weighted by atomic mass is 15.0. The van der Waals surface area contributed by atoms with Crippen molar-refractivity contribution in [3.05, 3.63) is 24.4 Å².